The second kappa shape index (κ2) is 11.3. The van der Waals surface area contributed by atoms with Gasteiger partial charge in [0.2, 0.25) is 0 Å². The Morgan fingerprint density at radius 3 is 2.30 bits per heavy atom. The van der Waals surface area contributed by atoms with E-state index < -0.39 is 15.9 Å². The van der Waals surface area contributed by atoms with Crippen molar-refractivity contribution in [1.29, 1.82) is 0 Å². The molecule has 44 heavy (non-hydrogen) atoms. The van der Waals surface area contributed by atoms with Gasteiger partial charge in [-0.15, -0.1) is 0 Å². The summed E-state index contributed by atoms with van der Waals surface area (Å²) in [6.07, 6.45) is 3.51. The Bertz CT molecular complexity index is 2390. The Labute approximate surface area is 256 Å². The molecule has 1 N–H and O–H groups in total. The second-order valence-electron chi connectivity index (χ2n) is 10.2. The lowest BCUT2D eigenvalue weighted by Crippen LogP contribution is -2.21. The first-order chi connectivity index (χ1) is 21.0. The summed E-state index contributed by atoms with van der Waals surface area (Å²) in [5.41, 5.74) is 5.96. The lowest BCUT2D eigenvalue weighted by atomic mass is 10.0. The third-order valence-electron chi connectivity index (χ3n) is 7.28. The van der Waals surface area contributed by atoms with Gasteiger partial charge in [-0.3, -0.25) is 23.7 Å². The van der Waals surface area contributed by atoms with Gasteiger partial charge in [-0.25, -0.2) is 9.18 Å². The van der Waals surface area contributed by atoms with E-state index in [1.54, 1.807) is 25.4 Å². The highest BCUT2D eigenvalue weighted by Crippen LogP contribution is 2.32. The van der Waals surface area contributed by atoms with E-state index in [1.165, 1.54) is 39.5 Å². The SMILES string of the molecule is Cc1ccc(S(=O)(=O)O)cc1.Cn1c(=O)n(-c2ccc(F)cc2Cl)c2c3cc(-c4cnc5ccccc5c4)ccc3ncc21. The van der Waals surface area contributed by atoms with Crippen molar-refractivity contribution in [2.45, 2.75) is 11.8 Å². The predicted octanol–water partition coefficient (Wildman–Crippen LogP) is 7.13. The van der Waals surface area contributed by atoms with Crippen LogP contribution in [0.25, 0.3) is 49.7 Å². The zero-order valence-electron chi connectivity index (χ0n) is 23.4. The molecule has 3 aromatic heterocycles. The molecular weight excluding hydrogens is 603 g/mol. The Morgan fingerprint density at radius 1 is 0.841 bits per heavy atom. The lowest BCUT2D eigenvalue weighted by molar-refractivity contribution is 0.483. The minimum absolute atomic E-state index is 0.0666. The Morgan fingerprint density at radius 2 is 1.57 bits per heavy atom. The summed E-state index contributed by atoms with van der Waals surface area (Å²) >= 11 is 6.35. The maximum absolute atomic E-state index is 13.7. The van der Waals surface area contributed by atoms with Crippen molar-refractivity contribution in [3.8, 4) is 16.8 Å². The van der Waals surface area contributed by atoms with E-state index in [1.807, 2.05) is 55.6 Å². The number of hydrogen-bond donors (Lipinski definition) is 1. The van der Waals surface area contributed by atoms with Crippen LogP contribution in [-0.4, -0.2) is 32.1 Å². The van der Waals surface area contributed by atoms with Crippen molar-refractivity contribution in [1.82, 2.24) is 19.1 Å². The fourth-order valence-electron chi connectivity index (χ4n) is 5.00. The maximum Gasteiger partial charge on any atom is 0.333 e. The molecule has 7 aromatic rings. The van der Waals surface area contributed by atoms with Crippen molar-refractivity contribution in [2.24, 2.45) is 7.05 Å². The number of para-hydroxylation sites is 1. The number of fused-ring (bicyclic) bond motifs is 4. The average molecular weight is 627 g/mol. The summed E-state index contributed by atoms with van der Waals surface area (Å²) in [7, 11) is -2.34. The quantitative estimate of drug-likeness (QED) is 0.209. The number of aryl methyl sites for hydroxylation is 2. The molecule has 0 saturated carbocycles. The van der Waals surface area contributed by atoms with E-state index in [0.717, 1.165) is 38.5 Å². The van der Waals surface area contributed by atoms with Gasteiger partial charge in [-0.05, 0) is 67.1 Å². The molecule has 7 rings (SSSR count). The Kier molecular flexibility index (Phi) is 7.50. The van der Waals surface area contributed by atoms with Gasteiger partial charge < -0.3 is 0 Å². The Balaban J connectivity index is 0.000000265. The van der Waals surface area contributed by atoms with E-state index in [9.17, 15) is 17.6 Å². The fourth-order valence-corrected chi connectivity index (χ4v) is 5.73. The van der Waals surface area contributed by atoms with Crippen molar-refractivity contribution in [3.05, 3.63) is 130 Å². The molecule has 0 aliphatic heterocycles. The molecule has 0 atom stereocenters. The van der Waals surface area contributed by atoms with Crippen molar-refractivity contribution in [3.63, 3.8) is 0 Å². The number of pyridine rings is 2. The number of imidazole rings is 1. The highest BCUT2D eigenvalue weighted by molar-refractivity contribution is 7.85. The van der Waals surface area contributed by atoms with Gasteiger partial charge in [0, 0.05) is 29.6 Å². The van der Waals surface area contributed by atoms with Crippen LogP contribution in [-0.2, 0) is 17.2 Å². The minimum Gasteiger partial charge on any atom is -0.293 e. The molecule has 4 aromatic carbocycles. The van der Waals surface area contributed by atoms with E-state index >= 15 is 0 Å². The molecule has 0 radical (unpaired) electrons. The summed E-state index contributed by atoms with van der Waals surface area (Å²) in [6, 6.07) is 26.0. The van der Waals surface area contributed by atoms with Gasteiger partial charge >= 0.3 is 5.69 Å². The van der Waals surface area contributed by atoms with Gasteiger partial charge in [-0.1, -0.05) is 53.6 Å². The third-order valence-corrected chi connectivity index (χ3v) is 8.45. The third kappa shape index (κ3) is 5.46. The molecule has 11 heteroatoms. The smallest absolute Gasteiger partial charge is 0.293 e. The second-order valence-corrected chi connectivity index (χ2v) is 12.0. The summed E-state index contributed by atoms with van der Waals surface area (Å²) in [4.78, 5) is 22.3. The Hall–Kier alpha value is -4.90. The van der Waals surface area contributed by atoms with Gasteiger partial charge in [0.15, 0.2) is 0 Å². The summed E-state index contributed by atoms with van der Waals surface area (Å²) < 4.78 is 46.3. The van der Waals surface area contributed by atoms with Gasteiger partial charge in [0.05, 0.1) is 43.9 Å². The molecular formula is C33H24ClFN4O4S. The number of hydrogen-bond acceptors (Lipinski definition) is 5. The molecule has 0 saturated heterocycles. The number of nitrogens with zero attached hydrogens (tertiary/aromatic N) is 4. The van der Waals surface area contributed by atoms with Crippen LogP contribution in [0.5, 0.6) is 0 Å². The topological polar surface area (TPSA) is 107 Å². The van der Waals surface area contributed by atoms with Gasteiger partial charge in [0.25, 0.3) is 10.1 Å². The first-order valence-electron chi connectivity index (χ1n) is 13.4. The molecule has 0 aliphatic carbocycles. The molecule has 0 fully saturated rings. The molecule has 3 heterocycles. The predicted molar refractivity (Wildman–Crippen MR) is 171 cm³/mol. The zero-order chi connectivity index (χ0) is 31.2. The number of rotatable bonds is 3. The first kappa shape index (κ1) is 29.2. The number of halogens is 2. The molecule has 8 nitrogen and oxygen atoms in total. The standard InChI is InChI=1S/C26H16ClFN4O.C7H8O3S/c1-31-24-14-30-22-8-6-15(17-10-16-4-2-3-5-21(16)29-13-17)11-19(22)25(24)32(26(31)33)23-9-7-18(28)12-20(23)27;1-6-2-4-7(5-3-6)11(8,9)10/h2-14H,1H3;2-5H,1H3,(H,8,9,10). The number of benzene rings is 4. The normalized spacial score (nSPS) is 11.6. The highest BCUT2D eigenvalue weighted by Gasteiger charge is 2.19. The van der Waals surface area contributed by atoms with Crippen molar-refractivity contribution >= 4 is 54.6 Å². The highest BCUT2D eigenvalue weighted by atomic mass is 35.5. The van der Waals surface area contributed by atoms with Crippen LogP contribution in [0.3, 0.4) is 0 Å². The van der Waals surface area contributed by atoms with Crippen LogP contribution in [0.4, 0.5) is 4.39 Å². The van der Waals surface area contributed by atoms with Crippen LogP contribution in [0.15, 0.2) is 113 Å². The summed E-state index contributed by atoms with van der Waals surface area (Å²) in [6.45, 7) is 1.84. The monoisotopic (exact) mass is 626 g/mol. The first-order valence-corrected chi connectivity index (χ1v) is 15.2. The van der Waals surface area contributed by atoms with E-state index in [2.05, 4.69) is 16.0 Å². The summed E-state index contributed by atoms with van der Waals surface area (Å²) in [5, 5.41) is 1.99. The van der Waals surface area contributed by atoms with Crippen LogP contribution in [0.1, 0.15) is 5.56 Å². The van der Waals surface area contributed by atoms with Crippen molar-refractivity contribution in [2.75, 3.05) is 0 Å². The van der Waals surface area contributed by atoms with Crippen LogP contribution < -0.4 is 5.69 Å². The van der Waals surface area contributed by atoms with Gasteiger partial charge in [-0.2, -0.15) is 8.42 Å². The zero-order valence-corrected chi connectivity index (χ0v) is 25.0. The molecule has 0 aliphatic rings. The van der Waals surface area contributed by atoms with E-state index in [-0.39, 0.29) is 15.6 Å². The maximum atomic E-state index is 13.7. The van der Waals surface area contributed by atoms with E-state index in [0.29, 0.717) is 16.7 Å². The largest absolute Gasteiger partial charge is 0.333 e. The van der Waals surface area contributed by atoms with Crippen molar-refractivity contribution < 1.29 is 17.4 Å². The van der Waals surface area contributed by atoms with Crippen LogP contribution in [0.2, 0.25) is 5.02 Å². The summed E-state index contributed by atoms with van der Waals surface area (Å²) in [5.74, 6) is -0.463. The molecule has 0 amide bonds. The number of aromatic nitrogens is 4. The minimum atomic E-state index is -4.02. The molecule has 220 valence electrons. The molecule has 0 bridgehead atoms. The van der Waals surface area contributed by atoms with Crippen LogP contribution >= 0.6 is 11.6 Å². The molecule has 0 unspecified atom stereocenters. The van der Waals surface area contributed by atoms with E-state index in [4.69, 9.17) is 16.2 Å². The molecule has 0 spiro atoms. The van der Waals surface area contributed by atoms with Crippen LogP contribution in [0, 0.1) is 12.7 Å². The lowest BCUT2D eigenvalue weighted by Gasteiger charge is -2.10. The average Bonchev–Trinajstić information content (AvgIpc) is 3.26. The fraction of sp³-hybridized carbons (Fsp3) is 0.0606. The van der Waals surface area contributed by atoms with Gasteiger partial charge in [0.1, 0.15) is 5.82 Å².